The molecule has 2 fully saturated rings. The Labute approximate surface area is 153 Å². The van der Waals surface area contributed by atoms with Crippen molar-refractivity contribution in [3.63, 3.8) is 0 Å². The van der Waals surface area contributed by atoms with Gasteiger partial charge in [0.1, 0.15) is 19.3 Å². The molecule has 3 aliphatic rings. The average molecular weight is 359 g/mol. The van der Waals surface area contributed by atoms with Crippen molar-refractivity contribution in [1.29, 1.82) is 0 Å². The van der Waals surface area contributed by atoms with Gasteiger partial charge in [-0.25, -0.2) is 4.79 Å². The predicted octanol–water partition coefficient (Wildman–Crippen LogP) is 1.97. The van der Waals surface area contributed by atoms with Crippen molar-refractivity contribution in [2.24, 2.45) is 0 Å². The highest BCUT2D eigenvalue weighted by Gasteiger charge is 2.33. The second kappa shape index (κ2) is 7.43. The van der Waals surface area contributed by atoms with Gasteiger partial charge in [0.2, 0.25) is 5.91 Å². The maximum absolute atomic E-state index is 12.8. The molecule has 2 atom stereocenters. The highest BCUT2D eigenvalue weighted by molar-refractivity contribution is 5.87. The van der Waals surface area contributed by atoms with Gasteiger partial charge in [-0.05, 0) is 49.8 Å². The van der Waals surface area contributed by atoms with Gasteiger partial charge in [-0.3, -0.25) is 4.79 Å². The molecule has 3 aliphatic heterocycles. The molecule has 0 aliphatic carbocycles. The standard InChI is InChI=1S/C19H25N3O4/c23-18-14(4-1-2-8-20-18)21-19(24)22-9-3-5-15(22)13-6-7-16-17(12-13)26-11-10-25-16/h6-7,12,14-15H,1-5,8-11H2,(H,20,23)(H,21,24). The van der Waals surface area contributed by atoms with Crippen LogP contribution in [0.2, 0.25) is 0 Å². The molecular weight excluding hydrogens is 334 g/mol. The van der Waals surface area contributed by atoms with E-state index < -0.39 is 6.04 Å². The summed E-state index contributed by atoms with van der Waals surface area (Å²) in [6, 6.07) is 5.29. The molecule has 0 radical (unpaired) electrons. The first kappa shape index (κ1) is 17.0. The van der Waals surface area contributed by atoms with Gasteiger partial charge in [-0.1, -0.05) is 6.07 Å². The summed E-state index contributed by atoms with van der Waals surface area (Å²) in [4.78, 5) is 26.8. The summed E-state index contributed by atoms with van der Waals surface area (Å²) in [6.07, 6.45) is 4.45. The Hall–Kier alpha value is -2.44. The van der Waals surface area contributed by atoms with Crippen LogP contribution in [0.4, 0.5) is 4.79 Å². The number of likely N-dealkylation sites (tertiary alicyclic amines) is 1. The van der Waals surface area contributed by atoms with Gasteiger partial charge < -0.3 is 25.0 Å². The number of hydrogen-bond acceptors (Lipinski definition) is 4. The number of carbonyl (C=O) groups is 2. The fourth-order valence-electron chi connectivity index (χ4n) is 3.93. The number of urea groups is 1. The molecular formula is C19H25N3O4. The van der Waals surface area contributed by atoms with Gasteiger partial charge in [0, 0.05) is 13.1 Å². The molecule has 7 heteroatoms. The number of fused-ring (bicyclic) bond motifs is 1. The van der Waals surface area contributed by atoms with E-state index in [-0.39, 0.29) is 18.0 Å². The number of amides is 3. The van der Waals surface area contributed by atoms with Crippen LogP contribution in [0.5, 0.6) is 11.5 Å². The number of nitrogens with one attached hydrogen (secondary N) is 2. The van der Waals surface area contributed by atoms with Gasteiger partial charge in [0.25, 0.3) is 0 Å². The fourth-order valence-corrected chi connectivity index (χ4v) is 3.93. The Morgan fingerprint density at radius 3 is 2.85 bits per heavy atom. The Kier molecular flexibility index (Phi) is 4.86. The zero-order chi connectivity index (χ0) is 17.9. The van der Waals surface area contributed by atoms with Crippen LogP contribution >= 0.6 is 0 Å². The first-order valence-corrected chi connectivity index (χ1v) is 9.47. The van der Waals surface area contributed by atoms with Crippen molar-refractivity contribution in [1.82, 2.24) is 15.5 Å². The number of ether oxygens (including phenoxy) is 2. The smallest absolute Gasteiger partial charge is 0.318 e. The lowest BCUT2D eigenvalue weighted by Gasteiger charge is -2.28. The van der Waals surface area contributed by atoms with Gasteiger partial charge in [0.15, 0.2) is 11.5 Å². The number of benzene rings is 1. The van der Waals surface area contributed by atoms with Crippen molar-refractivity contribution in [3.8, 4) is 11.5 Å². The molecule has 26 heavy (non-hydrogen) atoms. The number of carbonyl (C=O) groups excluding carboxylic acids is 2. The van der Waals surface area contributed by atoms with Gasteiger partial charge in [-0.15, -0.1) is 0 Å². The molecule has 140 valence electrons. The van der Waals surface area contributed by atoms with Crippen molar-refractivity contribution in [3.05, 3.63) is 23.8 Å². The molecule has 0 saturated carbocycles. The van der Waals surface area contributed by atoms with Crippen LogP contribution in [0.3, 0.4) is 0 Å². The molecule has 2 saturated heterocycles. The lowest BCUT2D eigenvalue weighted by Crippen LogP contribution is -2.50. The topological polar surface area (TPSA) is 79.9 Å². The SMILES string of the molecule is O=C1NCCCCC1NC(=O)N1CCCC1c1ccc2c(c1)OCCO2. The zero-order valence-corrected chi connectivity index (χ0v) is 14.8. The largest absolute Gasteiger partial charge is 0.486 e. The van der Waals surface area contributed by atoms with Crippen molar-refractivity contribution < 1.29 is 19.1 Å². The van der Waals surface area contributed by atoms with Crippen LogP contribution in [0, 0.1) is 0 Å². The molecule has 3 heterocycles. The van der Waals surface area contributed by atoms with E-state index in [1.54, 1.807) is 0 Å². The normalized spacial score (nSPS) is 25.4. The van der Waals surface area contributed by atoms with Gasteiger partial charge in [0.05, 0.1) is 6.04 Å². The van der Waals surface area contributed by atoms with Gasteiger partial charge in [-0.2, -0.15) is 0 Å². The summed E-state index contributed by atoms with van der Waals surface area (Å²) in [6.45, 7) is 2.49. The Morgan fingerprint density at radius 1 is 1.12 bits per heavy atom. The molecule has 1 aromatic carbocycles. The number of nitrogens with zero attached hydrogens (tertiary/aromatic N) is 1. The molecule has 1 aromatic rings. The Balaban J connectivity index is 1.47. The maximum atomic E-state index is 12.8. The molecule has 0 bridgehead atoms. The Morgan fingerprint density at radius 2 is 1.96 bits per heavy atom. The number of hydrogen-bond donors (Lipinski definition) is 2. The van der Waals surface area contributed by atoms with Crippen LogP contribution in [-0.2, 0) is 4.79 Å². The fraction of sp³-hybridized carbons (Fsp3) is 0.579. The second-order valence-electron chi connectivity index (χ2n) is 7.04. The summed E-state index contributed by atoms with van der Waals surface area (Å²) in [5, 5.41) is 5.80. The van der Waals surface area contributed by atoms with Crippen molar-refractivity contribution in [2.75, 3.05) is 26.3 Å². The van der Waals surface area contributed by atoms with Crippen LogP contribution in [-0.4, -0.2) is 49.2 Å². The van der Waals surface area contributed by atoms with Crippen LogP contribution in [0.1, 0.15) is 43.7 Å². The minimum absolute atomic E-state index is 0.000309. The van der Waals surface area contributed by atoms with E-state index in [9.17, 15) is 9.59 Å². The van der Waals surface area contributed by atoms with E-state index in [0.29, 0.717) is 32.7 Å². The highest BCUT2D eigenvalue weighted by Crippen LogP contribution is 2.38. The summed E-state index contributed by atoms with van der Waals surface area (Å²) in [5.74, 6) is 1.42. The van der Waals surface area contributed by atoms with E-state index in [0.717, 1.165) is 42.7 Å². The summed E-state index contributed by atoms with van der Waals surface area (Å²) >= 11 is 0. The molecule has 3 amide bonds. The van der Waals surface area contributed by atoms with Crippen LogP contribution < -0.4 is 20.1 Å². The van der Waals surface area contributed by atoms with E-state index in [4.69, 9.17) is 9.47 Å². The van der Waals surface area contributed by atoms with Crippen molar-refractivity contribution in [2.45, 2.75) is 44.2 Å². The first-order chi connectivity index (χ1) is 12.7. The summed E-state index contributed by atoms with van der Waals surface area (Å²) in [5.41, 5.74) is 1.05. The molecule has 0 spiro atoms. The quantitative estimate of drug-likeness (QED) is 0.846. The predicted molar refractivity (Wildman–Crippen MR) is 95.3 cm³/mol. The highest BCUT2D eigenvalue weighted by atomic mass is 16.6. The van der Waals surface area contributed by atoms with E-state index in [1.807, 2.05) is 23.1 Å². The molecule has 0 aromatic heterocycles. The minimum Gasteiger partial charge on any atom is -0.486 e. The summed E-state index contributed by atoms with van der Waals surface area (Å²) in [7, 11) is 0. The lowest BCUT2D eigenvalue weighted by molar-refractivity contribution is -0.122. The second-order valence-corrected chi connectivity index (χ2v) is 7.04. The van der Waals surface area contributed by atoms with E-state index in [1.165, 1.54) is 0 Å². The van der Waals surface area contributed by atoms with Gasteiger partial charge >= 0.3 is 6.03 Å². The molecule has 2 N–H and O–H groups in total. The third-order valence-electron chi connectivity index (χ3n) is 5.30. The minimum atomic E-state index is -0.438. The first-order valence-electron chi connectivity index (χ1n) is 9.47. The van der Waals surface area contributed by atoms with Crippen LogP contribution in [0.25, 0.3) is 0 Å². The van der Waals surface area contributed by atoms with E-state index >= 15 is 0 Å². The third-order valence-corrected chi connectivity index (χ3v) is 5.30. The molecule has 2 unspecified atom stereocenters. The number of rotatable bonds is 2. The van der Waals surface area contributed by atoms with Crippen LogP contribution in [0.15, 0.2) is 18.2 Å². The third kappa shape index (κ3) is 3.43. The van der Waals surface area contributed by atoms with E-state index in [2.05, 4.69) is 10.6 Å². The average Bonchev–Trinajstić information content (AvgIpc) is 3.07. The zero-order valence-electron chi connectivity index (χ0n) is 14.8. The monoisotopic (exact) mass is 359 g/mol. The van der Waals surface area contributed by atoms with Crippen molar-refractivity contribution >= 4 is 11.9 Å². The Bertz CT molecular complexity index is 693. The molecule has 7 nitrogen and oxygen atoms in total. The summed E-state index contributed by atoms with van der Waals surface area (Å²) < 4.78 is 11.2. The lowest BCUT2D eigenvalue weighted by atomic mass is 10.0. The molecule has 4 rings (SSSR count). The maximum Gasteiger partial charge on any atom is 0.318 e.